The lowest BCUT2D eigenvalue weighted by Gasteiger charge is -2.17. The molecule has 0 saturated carbocycles. The Labute approximate surface area is 116 Å². The van der Waals surface area contributed by atoms with E-state index in [0.717, 1.165) is 0 Å². The van der Waals surface area contributed by atoms with Gasteiger partial charge >= 0.3 is 5.97 Å². The van der Waals surface area contributed by atoms with E-state index in [4.69, 9.17) is 9.84 Å². The highest BCUT2D eigenvalue weighted by molar-refractivity contribution is 5.85. The Balaban J connectivity index is 2.71. The number of carbonyl (C=O) groups excluding carboxylic acids is 1. The number of carboxylic acid groups (broad SMARTS) is 1. The largest absolute Gasteiger partial charge is 0.494 e. The summed E-state index contributed by atoms with van der Waals surface area (Å²) in [5.41, 5.74) is 0.452. The predicted molar refractivity (Wildman–Crippen MR) is 71.1 cm³/mol. The van der Waals surface area contributed by atoms with E-state index in [-0.39, 0.29) is 18.1 Å². The van der Waals surface area contributed by atoms with Gasteiger partial charge in [0, 0.05) is 0 Å². The van der Waals surface area contributed by atoms with Crippen molar-refractivity contribution >= 4 is 11.9 Å². The quantitative estimate of drug-likeness (QED) is 0.831. The number of nitrogens with one attached hydrogen (secondary N) is 1. The number of ether oxygens (including phenoxy) is 1. The first-order valence-corrected chi connectivity index (χ1v) is 6.19. The Morgan fingerprint density at radius 2 is 2.05 bits per heavy atom. The van der Waals surface area contributed by atoms with Crippen LogP contribution in [0.2, 0.25) is 0 Å². The number of hydrogen-bond acceptors (Lipinski definition) is 3. The third kappa shape index (κ3) is 4.22. The van der Waals surface area contributed by atoms with Gasteiger partial charge in [0.25, 0.3) is 0 Å². The molecule has 0 aliphatic carbocycles. The highest BCUT2D eigenvalue weighted by Gasteiger charge is 2.23. The van der Waals surface area contributed by atoms with E-state index in [1.54, 1.807) is 19.9 Å². The van der Waals surface area contributed by atoms with Crippen LogP contribution in [-0.4, -0.2) is 30.1 Å². The molecule has 0 saturated heterocycles. The van der Waals surface area contributed by atoms with Crippen LogP contribution < -0.4 is 10.1 Å². The Morgan fingerprint density at radius 1 is 1.40 bits per heavy atom. The molecule has 0 aromatic heterocycles. The minimum absolute atomic E-state index is 0.0859. The summed E-state index contributed by atoms with van der Waals surface area (Å²) in [5.74, 6) is -2.25. The zero-order chi connectivity index (χ0) is 15.3. The van der Waals surface area contributed by atoms with Crippen LogP contribution in [0, 0.1) is 11.7 Å². The van der Waals surface area contributed by atoms with Crippen LogP contribution in [0.1, 0.15) is 19.4 Å². The average molecular weight is 283 g/mol. The van der Waals surface area contributed by atoms with Crippen LogP contribution in [0.5, 0.6) is 5.75 Å². The minimum atomic E-state index is -1.09. The Morgan fingerprint density at radius 3 is 2.50 bits per heavy atom. The summed E-state index contributed by atoms with van der Waals surface area (Å²) >= 11 is 0. The molecule has 1 unspecified atom stereocenters. The molecule has 1 atom stereocenters. The molecular weight excluding hydrogens is 265 g/mol. The van der Waals surface area contributed by atoms with E-state index in [9.17, 15) is 14.0 Å². The van der Waals surface area contributed by atoms with E-state index in [0.29, 0.717) is 5.56 Å². The lowest BCUT2D eigenvalue weighted by molar-refractivity contribution is -0.143. The normalized spacial score (nSPS) is 12.1. The van der Waals surface area contributed by atoms with Crippen molar-refractivity contribution in [2.45, 2.75) is 26.3 Å². The summed E-state index contributed by atoms with van der Waals surface area (Å²) in [5, 5.41) is 11.4. The van der Waals surface area contributed by atoms with Gasteiger partial charge in [-0.25, -0.2) is 9.18 Å². The predicted octanol–water partition coefficient (Wildman–Crippen LogP) is 1.60. The smallest absolute Gasteiger partial charge is 0.326 e. The summed E-state index contributed by atoms with van der Waals surface area (Å²) < 4.78 is 18.2. The third-order valence-corrected chi connectivity index (χ3v) is 2.83. The van der Waals surface area contributed by atoms with E-state index >= 15 is 0 Å². The van der Waals surface area contributed by atoms with Gasteiger partial charge in [-0.2, -0.15) is 0 Å². The average Bonchev–Trinajstić information content (AvgIpc) is 2.35. The summed E-state index contributed by atoms with van der Waals surface area (Å²) in [6.07, 6.45) is -0.0859. The van der Waals surface area contributed by atoms with Crippen molar-refractivity contribution in [3.63, 3.8) is 0 Å². The fourth-order valence-electron chi connectivity index (χ4n) is 1.74. The SMILES string of the molecule is COc1ccc(CC(=O)NC(C(=O)O)C(C)C)cc1F. The molecule has 6 heteroatoms. The number of halogens is 1. The van der Waals surface area contributed by atoms with Crippen molar-refractivity contribution in [3.8, 4) is 5.75 Å². The number of hydrogen-bond donors (Lipinski definition) is 2. The third-order valence-electron chi connectivity index (χ3n) is 2.83. The maximum atomic E-state index is 13.5. The van der Waals surface area contributed by atoms with Crippen LogP contribution in [0.4, 0.5) is 4.39 Å². The lowest BCUT2D eigenvalue weighted by Crippen LogP contribution is -2.44. The van der Waals surface area contributed by atoms with Gasteiger partial charge in [-0.3, -0.25) is 4.79 Å². The second-order valence-electron chi connectivity index (χ2n) is 4.77. The van der Waals surface area contributed by atoms with Crippen molar-refractivity contribution in [1.29, 1.82) is 0 Å². The zero-order valence-corrected chi connectivity index (χ0v) is 11.6. The van der Waals surface area contributed by atoms with E-state index in [1.807, 2.05) is 0 Å². The van der Waals surface area contributed by atoms with Gasteiger partial charge in [0.2, 0.25) is 5.91 Å². The van der Waals surface area contributed by atoms with Gasteiger partial charge in [0.05, 0.1) is 13.5 Å². The van der Waals surface area contributed by atoms with E-state index in [1.165, 1.54) is 19.2 Å². The van der Waals surface area contributed by atoms with Gasteiger partial charge in [-0.1, -0.05) is 19.9 Å². The highest BCUT2D eigenvalue weighted by Crippen LogP contribution is 2.18. The molecule has 0 spiro atoms. The van der Waals surface area contributed by atoms with Gasteiger partial charge < -0.3 is 15.2 Å². The fourth-order valence-corrected chi connectivity index (χ4v) is 1.74. The minimum Gasteiger partial charge on any atom is -0.494 e. The van der Waals surface area contributed by atoms with Crippen molar-refractivity contribution < 1.29 is 23.8 Å². The van der Waals surface area contributed by atoms with Gasteiger partial charge in [-0.05, 0) is 23.6 Å². The summed E-state index contributed by atoms with van der Waals surface area (Å²) in [7, 11) is 1.35. The Hall–Kier alpha value is -2.11. The lowest BCUT2D eigenvalue weighted by atomic mass is 10.0. The molecule has 110 valence electrons. The topological polar surface area (TPSA) is 75.6 Å². The molecule has 0 fully saturated rings. The number of amides is 1. The Bertz CT molecular complexity index is 502. The van der Waals surface area contributed by atoms with Crippen LogP contribution >= 0.6 is 0 Å². The summed E-state index contributed by atoms with van der Waals surface area (Å²) in [6.45, 7) is 3.40. The molecule has 1 aromatic rings. The van der Waals surface area contributed by atoms with Crippen LogP contribution in [-0.2, 0) is 16.0 Å². The zero-order valence-electron chi connectivity index (χ0n) is 11.6. The van der Waals surface area contributed by atoms with Crippen molar-refractivity contribution in [2.75, 3.05) is 7.11 Å². The Kier molecular flexibility index (Phi) is 5.49. The number of rotatable bonds is 6. The van der Waals surface area contributed by atoms with Crippen molar-refractivity contribution in [2.24, 2.45) is 5.92 Å². The first kappa shape index (κ1) is 15.9. The molecular formula is C14H18FNO4. The molecule has 5 nitrogen and oxygen atoms in total. The monoisotopic (exact) mass is 283 g/mol. The van der Waals surface area contributed by atoms with Crippen LogP contribution in [0.25, 0.3) is 0 Å². The number of aliphatic carboxylic acids is 1. The number of carboxylic acids is 1. The molecule has 20 heavy (non-hydrogen) atoms. The van der Waals surface area contributed by atoms with Crippen LogP contribution in [0.3, 0.4) is 0 Å². The first-order chi connectivity index (χ1) is 9.35. The number of methoxy groups -OCH3 is 1. The van der Waals surface area contributed by atoms with Crippen LogP contribution in [0.15, 0.2) is 18.2 Å². The molecule has 0 heterocycles. The highest BCUT2D eigenvalue weighted by atomic mass is 19.1. The second-order valence-corrected chi connectivity index (χ2v) is 4.77. The number of carbonyl (C=O) groups is 2. The van der Waals surface area contributed by atoms with Crippen molar-refractivity contribution in [1.82, 2.24) is 5.32 Å². The van der Waals surface area contributed by atoms with Crippen molar-refractivity contribution in [3.05, 3.63) is 29.6 Å². The molecule has 0 bridgehead atoms. The molecule has 0 radical (unpaired) electrons. The summed E-state index contributed by atoms with van der Waals surface area (Å²) in [6, 6.07) is 3.23. The fraction of sp³-hybridized carbons (Fsp3) is 0.429. The maximum absolute atomic E-state index is 13.5. The molecule has 2 N–H and O–H groups in total. The van der Waals surface area contributed by atoms with Gasteiger partial charge in [0.1, 0.15) is 6.04 Å². The molecule has 1 aromatic carbocycles. The summed E-state index contributed by atoms with van der Waals surface area (Å²) in [4.78, 5) is 22.7. The molecule has 1 amide bonds. The molecule has 0 aliphatic heterocycles. The maximum Gasteiger partial charge on any atom is 0.326 e. The molecule has 0 aliphatic rings. The standard InChI is InChI=1S/C14H18FNO4/c1-8(2)13(14(18)19)16-12(17)7-9-4-5-11(20-3)10(15)6-9/h4-6,8,13H,7H2,1-3H3,(H,16,17)(H,18,19). The number of benzene rings is 1. The molecule has 1 rings (SSSR count). The van der Waals surface area contributed by atoms with Gasteiger partial charge in [0.15, 0.2) is 11.6 Å². The van der Waals surface area contributed by atoms with Gasteiger partial charge in [-0.15, -0.1) is 0 Å². The first-order valence-electron chi connectivity index (χ1n) is 6.19. The van der Waals surface area contributed by atoms with E-state index in [2.05, 4.69) is 5.32 Å². The van der Waals surface area contributed by atoms with E-state index < -0.39 is 23.7 Å². The second kappa shape index (κ2) is 6.88.